The number of aliphatic hydroxyl groups is 1. The van der Waals surface area contributed by atoms with Gasteiger partial charge in [0.15, 0.2) is 5.78 Å². The molecule has 3 nitrogen and oxygen atoms in total. The normalized spacial score (nSPS) is 18.9. The maximum atomic E-state index is 11.9. The standard InChI is InChI=1S/C14H19NO2/c16-13(10-12-8-4-5-9-15-12)14(17)11-6-2-1-3-7-11/h4-5,8-9,11,14,17H,1-3,6-7,10H2. The minimum Gasteiger partial charge on any atom is -0.385 e. The van der Waals surface area contributed by atoms with Crippen LogP contribution in [-0.2, 0) is 11.2 Å². The van der Waals surface area contributed by atoms with Crippen LogP contribution in [0.1, 0.15) is 37.8 Å². The summed E-state index contributed by atoms with van der Waals surface area (Å²) >= 11 is 0. The van der Waals surface area contributed by atoms with Gasteiger partial charge < -0.3 is 5.11 Å². The largest absolute Gasteiger partial charge is 0.385 e. The molecule has 92 valence electrons. The molecule has 0 bridgehead atoms. The van der Waals surface area contributed by atoms with E-state index in [0.717, 1.165) is 31.4 Å². The van der Waals surface area contributed by atoms with Crippen molar-refractivity contribution in [1.29, 1.82) is 0 Å². The van der Waals surface area contributed by atoms with Crippen LogP contribution >= 0.6 is 0 Å². The first-order valence-electron chi connectivity index (χ1n) is 6.38. The van der Waals surface area contributed by atoms with Crippen molar-refractivity contribution in [3.05, 3.63) is 30.1 Å². The van der Waals surface area contributed by atoms with Gasteiger partial charge in [0.05, 0.1) is 6.42 Å². The number of aliphatic hydroxyl groups excluding tert-OH is 1. The summed E-state index contributed by atoms with van der Waals surface area (Å²) in [5.74, 6) is 0.0792. The molecular weight excluding hydrogens is 214 g/mol. The summed E-state index contributed by atoms with van der Waals surface area (Å²) in [5.41, 5.74) is 0.743. The summed E-state index contributed by atoms with van der Waals surface area (Å²) in [6.07, 6.45) is 6.60. The van der Waals surface area contributed by atoms with Gasteiger partial charge in [0, 0.05) is 11.9 Å². The van der Waals surface area contributed by atoms with Crippen LogP contribution in [0.15, 0.2) is 24.4 Å². The summed E-state index contributed by atoms with van der Waals surface area (Å²) < 4.78 is 0. The summed E-state index contributed by atoms with van der Waals surface area (Å²) in [7, 11) is 0. The number of ketones is 1. The van der Waals surface area contributed by atoms with Gasteiger partial charge in [0.2, 0.25) is 0 Å². The number of Topliss-reactive ketones (excluding diaryl/α,β-unsaturated/α-hetero) is 1. The molecule has 0 spiro atoms. The Kier molecular flexibility index (Phi) is 4.26. The zero-order valence-electron chi connectivity index (χ0n) is 10.0. The minimum atomic E-state index is -0.794. The van der Waals surface area contributed by atoms with Gasteiger partial charge in [-0.3, -0.25) is 9.78 Å². The van der Waals surface area contributed by atoms with Gasteiger partial charge >= 0.3 is 0 Å². The van der Waals surface area contributed by atoms with Crippen LogP contribution in [0.3, 0.4) is 0 Å². The molecule has 1 fully saturated rings. The molecule has 1 aliphatic carbocycles. The molecule has 0 saturated heterocycles. The highest BCUT2D eigenvalue weighted by atomic mass is 16.3. The molecule has 17 heavy (non-hydrogen) atoms. The first-order chi connectivity index (χ1) is 8.27. The molecule has 1 unspecified atom stereocenters. The van der Waals surface area contributed by atoms with Crippen molar-refractivity contribution in [3.63, 3.8) is 0 Å². The van der Waals surface area contributed by atoms with Gasteiger partial charge in [-0.15, -0.1) is 0 Å². The zero-order chi connectivity index (χ0) is 12.1. The van der Waals surface area contributed by atoms with Crippen molar-refractivity contribution in [2.24, 2.45) is 5.92 Å². The third-order valence-corrected chi connectivity index (χ3v) is 3.51. The number of aromatic nitrogens is 1. The molecule has 1 aromatic heterocycles. The number of carbonyl (C=O) groups excluding carboxylic acids is 1. The molecule has 1 saturated carbocycles. The quantitative estimate of drug-likeness (QED) is 0.866. The molecule has 0 aliphatic heterocycles. The Balaban J connectivity index is 1.90. The van der Waals surface area contributed by atoms with Gasteiger partial charge in [0.25, 0.3) is 0 Å². The lowest BCUT2D eigenvalue weighted by Crippen LogP contribution is -2.32. The van der Waals surface area contributed by atoms with Crippen LogP contribution in [0, 0.1) is 5.92 Å². The highest BCUT2D eigenvalue weighted by Gasteiger charge is 2.27. The van der Waals surface area contributed by atoms with Gasteiger partial charge in [-0.1, -0.05) is 25.3 Å². The molecular formula is C14H19NO2. The Morgan fingerprint density at radius 2 is 2.12 bits per heavy atom. The second-order valence-electron chi connectivity index (χ2n) is 4.81. The van der Waals surface area contributed by atoms with E-state index in [-0.39, 0.29) is 18.1 Å². The predicted octanol–water partition coefficient (Wildman–Crippen LogP) is 2.13. The maximum Gasteiger partial charge on any atom is 0.167 e. The van der Waals surface area contributed by atoms with E-state index in [1.54, 1.807) is 6.20 Å². The fraction of sp³-hybridized carbons (Fsp3) is 0.571. The average Bonchev–Trinajstić information content (AvgIpc) is 2.40. The first-order valence-corrected chi connectivity index (χ1v) is 6.38. The number of rotatable bonds is 4. The third kappa shape index (κ3) is 3.37. The monoisotopic (exact) mass is 233 g/mol. The molecule has 1 N–H and O–H groups in total. The molecule has 0 amide bonds. The van der Waals surface area contributed by atoms with Crippen LogP contribution in [0.25, 0.3) is 0 Å². The summed E-state index contributed by atoms with van der Waals surface area (Å²) in [6, 6.07) is 5.51. The van der Waals surface area contributed by atoms with Crippen LogP contribution < -0.4 is 0 Å². The molecule has 1 aliphatic rings. The first kappa shape index (κ1) is 12.2. The second kappa shape index (κ2) is 5.92. The molecule has 0 radical (unpaired) electrons. The SMILES string of the molecule is O=C(Cc1ccccn1)C(O)C1CCCCC1. The smallest absolute Gasteiger partial charge is 0.167 e. The van der Waals surface area contributed by atoms with E-state index in [0.29, 0.717) is 0 Å². The van der Waals surface area contributed by atoms with Gasteiger partial charge in [-0.05, 0) is 30.9 Å². The highest BCUT2D eigenvalue weighted by Crippen LogP contribution is 2.27. The molecule has 1 heterocycles. The molecule has 1 aromatic rings. The Morgan fingerprint density at radius 3 is 2.76 bits per heavy atom. The number of hydrogen-bond acceptors (Lipinski definition) is 3. The summed E-state index contributed by atoms with van der Waals surface area (Å²) in [5, 5.41) is 10.0. The number of pyridine rings is 1. The van der Waals surface area contributed by atoms with Gasteiger partial charge in [-0.25, -0.2) is 0 Å². The van der Waals surface area contributed by atoms with E-state index in [4.69, 9.17) is 0 Å². The van der Waals surface area contributed by atoms with Crippen molar-refractivity contribution in [3.8, 4) is 0 Å². The fourth-order valence-electron chi connectivity index (χ4n) is 2.50. The number of nitrogens with zero attached hydrogens (tertiary/aromatic N) is 1. The van der Waals surface area contributed by atoms with E-state index in [9.17, 15) is 9.90 Å². The predicted molar refractivity (Wildman–Crippen MR) is 65.5 cm³/mol. The molecule has 1 atom stereocenters. The molecule has 3 heteroatoms. The van der Waals surface area contributed by atoms with Crippen LogP contribution in [0.5, 0.6) is 0 Å². The Morgan fingerprint density at radius 1 is 1.35 bits per heavy atom. The van der Waals surface area contributed by atoms with E-state index in [2.05, 4.69) is 4.98 Å². The van der Waals surface area contributed by atoms with Gasteiger partial charge in [-0.2, -0.15) is 0 Å². The fourth-order valence-corrected chi connectivity index (χ4v) is 2.50. The van der Waals surface area contributed by atoms with Crippen molar-refractivity contribution < 1.29 is 9.90 Å². The average molecular weight is 233 g/mol. The van der Waals surface area contributed by atoms with E-state index < -0.39 is 6.10 Å². The van der Waals surface area contributed by atoms with Crippen molar-refractivity contribution in [2.75, 3.05) is 0 Å². The topological polar surface area (TPSA) is 50.2 Å². The summed E-state index contributed by atoms with van der Waals surface area (Å²) in [4.78, 5) is 16.0. The maximum absolute atomic E-state index is 11.9. The molecule has 0 aromatic carbocycles. The van der Waals surface area contributed by atoms with Crippen LogP contribution in [0.2, 0.25) is 0 Å². The Labute approximate surface area is 102 Å². The number of hydrogen-bond donors (Lipinski definition) is 1. The highest BCUT2D eigenvalue weighted by molar-refractivity contribution is 5.84. The third-order valence-electron chi connectivity index (χ3n) is 3.51. The second-order valence-corrected chi connectivity index (χ2v) is 4.81. The Bertz CT molecular complexity index is 358. The lowest BCUT2D eigenvalue weighted by Gasteiger charge is -2.25. The lowest BCUT2D eigenvalue weighted by molar-refractivity contribution is -0.129. The summed E-state index contributed by atoms with van der Waals surface area (Å²) in [6.45, 7) is 0. The van der Waals surface area contributed by atoms with E-state index in [1.165, 1.54) is 6.42 Å². The van der Waals surface area contributed by atoms with Crippen molar-refractivity contribution in [1.82, 2.24) is 4.98 Å². The van der Waals surface area contributed by atoms with Crippen LogP contribution in [0.4, 0.5) is 0 Å². The van der Waals surface area contributed by atoms with Crippen molar-refractivity contribution >= 4 is 5.78 Å². The molecule has 2 rings (SSSR count). The lowest BCUT2D eigenvalue weighted by atomic mass is 9.83. The minimum absolute atomic E-state index is 0.0874. The van der Waals surface area contributed by atoms with Gasteiger partial charge in [0.1, 0.15) is 6.10 Å². The number of carbonyl (C=O) groups is 1. The van der Waals surface area contributed by atoms with Crippen LogP contribution in [-0.4, -0.2) is 22.0 Å². The zero-order valence-corrected chi connectivity index (χ0v) is 10.0. The van der Waals surface area contributed by atoms with E-state index in [1.807, 2.05) is 18.2 Å². The van der Waals surface area contributed by atoms with Crippen molar-refractivity contribution in [2.45, 2.75) is 44.6 Å². The Hall–Kier alpha value is -1.22. The van der Waals surface area contributed by atoms with E-state index >= 15 is 0 Å².